The number of esters is 3. The molecule has 14 nitrogen and oxygen atoms in total. The van der Waals surface area contributed by atoms with Crippen molar-refractivity contribution in [1.82, 2.24) is 9.55 Å². The molecule has 14 heteroatoms. The van der Waals surface area contributed by atoms with E-state index in [-0.39, 0.29) is 29.3 Å². The van der Waals surface area contributed by atoms with Crippen LogP contribution in [0.1, 0.15) is 54.1 Å². The number of hydrogen-bond donors (Lipinski definition) is 2. The van der Waals surface area contributed by atoms with Crippen molar-refractivity contribution in [3.8, 4) is 0 Å². The molecule has 0 amide bonds. The van der Waals surface area contributed by atoms with Crippen molar-refractivity contribution < 1.29 is 43.0 Å². The molecule has 0 unspecified atom stereocenters. The van der Waals surface area contributed by atoms with Crippen LogP contribution in [0.4, 0.5) is 5.82 Å². The van der Waals surface area contributed by atoms with Gasteiger partial charge < -0.3 is 29.5 Å². The third-order valence-electron chi connectivity index (χ3n) is 5.85. The highest BCUT2D eigenvalue weighted by atomic mass is 16.7. The summed E-state index contributed by atoms with van der Waals surface area (Å²) in [6.07, 6.45) is -3.56. The summed E-state index contributed by atoms with van der Waals surface area (Å²) in [5.41, 5.74) is 6.97. The molecule has 2 aliphatic heterocycles. The summed E-state index contributed by atoms with van der Waals surface area (Å²) in [6.45, 7) is 4.72. The molecule has 0 aliphatic carbocycles. The smallest absolute Gasteiger partial charge is 0.351 e. The Morgan fingerprint density at radius 2 is 1.69 bits per heavy atom. The number of anilines is 1. The number of fused-ring (bicyclic) bond motifs is 2. The quantitative estimate of drug-likeness (QED) is 0.269. The van der Waals surface area contributed by atoms with E-state index in [0.29, 0.717) is 0 Å². The summed E-state index contributed by atoms with van der Waals surface area (Å²) in [5.74, 6) is -2.92. The number of nitrogens with two attached hydrogens (primary N) is 1. The number of nitrogens with one attached hydrogen (secondary N) is 1. The van der Waals surface area contributed by atoms with Gasteiger partial charge in [-0.3, -0.25) is 9.36 Å². The minimum absolute atomic E-state index is 0.0167. The molecule has 1 saturated heterocycles. The normalized spacial score (nSPS) is 22.9. The van der Waals surface area contributed by atoms with Crippen LogP contribution in [0.2, 0.25) is 0 Å². The third-order valence-corrected chi connectivity index (χ3v) is 5.85. The van der Waals surface area contributed by atoms with E-state index in [9.17, 15) is 24.0 Å². The maximum atomic E-state index is 13.0. The molecule has 0 bridgehead atoms. The fraction of sp³-hybridized carbons (Fsp3) is 0.440. The van der Waals surface area contributed by atoms with Crippen LogP contribution in [0.5, 0.6) is 0 Å². The molecule has 2 aromatic rings. The monoisotopic (exact) mass is 544 g/mol. The zero-order valence-corrected chi connectivity index (χ0v) is 21.4. The molecule has 39 heavy (non-hydrogen) atoms. The van der Waals surface area contributed by atoms with Gasteiger partial charge in [0, 0.05) is 12.3 Å². The van der Waals surface area contributed by atoms with Crippen LogP contribution in [0.3, 0.4) is 0 Å². The van der Waals surface area contributed by atoms with Crippen molar-refractivity contribution in [2.45, 2.75) is 57.8 Å². The summed E-state index contributed by atoms with van der Waals surface area (Å²) < 4.78 is 23.4. The minimum Gasteiger partial charge on any atom is -0.462 e. The fourth-order valence-corrected chi connectivity index (χ4v) is 3.99. The maximum Gasteiger partial charge on any atom is 0.351 e. The first-order valence-corrected chi connectivity index (χ1v) is 12.2. The first-order valence-electron chi connectivity index (χ1n) is 12.2. The van der Waals surface area contributed by atoms with Crippen molar-refractivity contribution in [2.24, 2.45) is 11.7 Å². The second kappa shape index (κ2) is 11.6. The number of nitrogens with zero attached hydrogens (tertiary/aromatic N) is 2. The number of carbonyl (C=O) groups excluding carboxylic acids is 4. The van der Waals surface area contributed by atoms with Gasteiger partial charge in [0.25, 0.3) is 0 Å². The van der Waals surface area contributed by atoms with Gasteiger partial charge in [0.1, 0.15) is 18.8 Å². The lowest BCUT2D eigenvalue weighted by Crippen LogP contribution is -2.44. The second-order valence-electron chi connectivity index (χ2n) is 9.45. The number of rotatable bonds is 8. The molecule has 1 fully saturated rings. The number of ether oxygens (including phenoxy) is 4. The molecular formula is C25H28N4O10. The topological polar surface area (TPSA) is 187 Å². The van der Waals surface area contributed by atoms with E-state index < -0.39 is 66.8 Å². The van der Waals surface area contributed by atoms with Gasteiger partial charge in [-0.2, -0.15) is 4.98 Å². The number of aromatic nitrogens is 2. The highest BCUT2D eigenvalue weighted by Crippen LogP contribution is 2.36. The predicted molar refractivity (Wildman–Crippen MR) is 131 cm³/mol. The molecule has 0 radical (unpaired) electrons. The summed E-state index contributed by atoms with van der Waals surface area (Å²) in [7, 11) is 0. The largest absolute Gasteiger partial charge is 0.462 e. The standard InChI is InChI=1S/C25H28N4O10/c1-12(2)10-18(30)39-28-17-8-9-29(25(34)27-17)21-20-19(16(36-21)11-35-22(31)13(3)26)37-23(32)14-6-4-5-7-15(14)24(33)38-20/h4-9,12-13,16,19-21H,10-11,26H2,1-3H3,(H,27,28,34)/t13-,16-,19-,20-,21-/m1/s1. The van der Waals surface area contributed by atoms with Gasteiger partial charge in [0.15, 0.2) is 24.3 Å². The molecular weight excluding hydrogens is 516 g/mol. The van der Waals surface area contributed by atoms with E-state index in [1.165, 1.54) is 31.3 Å². The van der Waals surface area contributed by atoms with Gasteiger partial charge in [-0.1, -0.05) is 26.0 Å². The van der Waals surface area contributed by atoms with Crippen molar-refractivity contribution in [3.05, 3.63) is 58.1 Å². The van der Waals surface area contributed by atoms with E-state index in [2.05, 4.69) is 10.5 Å². The van der Waals surface area contributed by atoms with Crippen LogP contribution >= 0.6 is 0 Å². The van der Waals surface area contributed by atoms with Crippen LogP contribution in [-0.4, -0.2) is 64.4 Å². The van der Waals surface area contributed by atoms with Gasteiger partial charge in [-0.25, -0.2) is 24.7 Å². The summed E-state index contributed by atoms with van der Waals surface area (Å²) in [5, 5.41) is 0. The number of carbonyl (C=O) groups is 4. The first-order chi connectivity index (χ1) is 18.5. The Morgan fingerprint density at radius 3 is 2.28 bits per heavy atom. The van der Waals surface area contributed by atoms with E-state index in [1.54, 1.807) is 12.1 Å². The zero-order valence-electron chi connectivity index (χ0n) is 21.4. The van der Waals surface area contributed by atoms with Gasteiger partial charge in [-0.05, 0) is 25.0 Å². The van der Waals surface area contributed by atoms with Crippen molar-refractivity contribution in [3.63, 3.8) is 0 Å². The molecule has 3 N–H and O–H groups in total. The van der Waals surface area contributed by atoms with Crippen LogP contribution in [0.15, 0.2) is 41.3 Å². The number of hydrogen-bond acceptors (Lipinski definition) is 13. The van der Waals surface area contributed by atoms with E-state index in [4.69, 9.17) is 29.5 Å². The number of benzene rings is 1. The van der Waals surface area contributed by atoms with Gasteiger partial charge in [-0.15, -0.1) is 0 Å². The molecule has 0 saturated carbocycles. The Morgan fingerprint density at radius 1 is 1.05 bits per heavy atom. The van der Waals surface area contributed by atoms with Crippen molar-refractivity contribution in [1.29, 1.82) is 0 Å². The molecule has 3 heterocycles. The van der Waals surface area contributed by atoms with Crippen LogP contribution in [0.25, 0.3) is 0 Å². The average molecular weight is 545 g/mol. The van der Waals surface area contributed by atoms with Crippen LogP contribution in [0, 0.1) is 5.92 Å². The first kappa shape index (κ1) is 27.7. The third kappa shape index (κ3) is 6.23. The molecule has 5 atom stereocenters. The Hall–Kier alpha value is -4.30. The highest BCUT2D eigenvalue weighted by molar-refractivity contribution is 6.03. The summed E-state index contributed by atoms with van der Waals surface area (Å²) >= 11 is 0. The van der Waals surface area contributed by atoms with Gasteiger partial charge in [0.2, 0.25) is 0 Å². The molecule has 1 aromatic heterocycles. The zero-order chi connectivity index (χ0) is 28.3. The Kier molecular flexibility index (Phi) is 8.26. The Bertz CT molecular complexity index is 1320. The lowest BCUT2D eigenvalue weighted by atomic mass is 10.0. The maximum absolute atomic E-state index is 13.0. The lowest BCUT2D eigenvalue weighted by Gasteiger charge is -2.27. The van der Waals surface area contributed by atoms with Gasteiger partial charge in [0.05, 0.1) is 17.5 Å². The molecule has 4 rings (SSSR count). The molecule has 1 aromatic carbocycles. The molecule has 0 spiro atoms. The van der Waals surface area contributed by atoms with E-state index in [1.807, 2.05) is 13.8 Å². The highest BCUT2D eigenvalue weighted by Gasteiger charge is 2.52. The minimum atomic E-state index is -1.31. The second-order valence-corrected chi connectivity index (χ2v) is 9.45. The van der Waals surface area contributed by atoms with E-state index in [0.717, 1.165) is 4.57 Å². The average Bonchev–Trinajstić information content (AvgIpc) is 3.20. The molecule has 2 aliphatic rings. The SMILES string of the molecule is CC(C)CC(=O)ONc1ccn([C@@H]2O[C@H](COC(=O)[C@@H](C)N)[C@H]3OC(=O)c4ccccc4C(=O)O[C@H]32)c(=O)n1. The predicted octanol–water partition coefficient (Wildman–Crippen LogP) is 0.712. The summed E-state index contributed by atoms with van der Waals surface area (Å²) in [4.78, 5) is 71.4. The lowest BCUT2D eigenvalue weighted by molar-refractivity contribution is -0.151. The van der Waals surface area contributed by atoms with E-state index >= 15 is 0 Å². The van der Waals surface area contributed by atoms with Crippen LogP contribution in [-0.2, 0) is 33.4 Å². The molecule has 208 valence electrons. The Labute approximate surface area is 222 Å². The fourth-order valence-electron chi connectivity index (χ4n) is 3.99. The Balaban J connectivity index is 1.62. The van der Waals surface area contributed by atoms with Crippen molar-refractivity contribution >= 4 is 29.7 Å². The summed E-state index contributed by atoms with van der Waals surface area (Å²) in [6, 6.07) is 6.33. The van der Waals surface area contributed by atoms with Gasteiger partial charge >= 0.3 is 29.6 Å². The van der Waals surface area contributed by atoms with Crippen molar-refractivity contribution in [2.75, 3.05) is 12.1 Å². The van der Waals surface area contributed by atoms with Crippen LogP contribution < -0.4 is 16.9 Å².